The summed E-state index contributed by atoms with van der Waals surface area (Å²) in [5.74, 6) is 0. The molecule has 0 radical (unpaired) electrons. The van der Waals surface area contributed by atoms with Crippen LogP contribution in [0.1, 0.15) is 31.2 Å². The number of hydrogen-bond acceptors (Lipinski definition) is 4. The van der Waals surface area contributed by atoms with Crippen LogP contribution in [0.25, 0.3) is 0 Å². The number of sulfonamides is 1. The Kier molecular flexibility index (Phi) is 5.05. The second-order valence-corrected chi connectivity index (χ2v) is 9.29. The number of hydrogen-bond donors (Lipinski definition) is 1. The maximum absolute atomic E-state index is 12.7. The highest BCUT2D eigenvalue weighted by Crippen LogP contribution is 2.36. The molecule has 0 unspecified atom stereocenters. The fraction of sp³-hybridized carbons (Fsp3) is 0.667. The number of rotatable bonds is 6. The molecule has 0 aromatic carbocycles. The van der Waals surface area contributed by atoms with E-state index in [2.05, 4.69) is 15.9 Å². The van der Waals surface area contributed by atoms with E-state index in [0.717, 1.165) is 28.6 Å². The molecule has 4 nitrogen and oxygen atoms in total. The lowest BCUT2D eigenvalue weighted by Crippen LogP contribution is -2.44. The molecule has 1 saturated carbocycles. The van der Waals surface area contributed by atoms with E-state index in [1.165, 1.54) is 11.3 Å². The van der Waals surface area contributed by atoms with Crippen LogP contribution in [0.5, 0.6) is 0 Å². The summed E-state index contributed by atoms with van der Waals surface area (Å²) in [6.07, 6.45) is 3.43. The molecule has 0 spiro atoms. The highest BCUT2D eigenvalue weighted by atomic mass is 79.9. The summed E-state index contributed by atoms with van der Waals surface area (Å²) in [6, 6.07) is 1.83. The standard InChI is InChI=1S/C12H18BrNO3S2/c1-9-8-11(18-12(9)13)19(16,17)14(6-3-7-15)10-4-2-5-10/h8,10,15H,2-7H2,1H3. The van der Waals surface area contributed by atoms with Crippen molar-refractivity contribution in [2.24, 2.45) is 0 Å². The van der Waals surface area contributed by atoms with E-state index in [4.69, 9.17) is 5.11 Å². The fourth-order valence-electron chi connectivity index (χ4n) is 2.07. The molecule has 1 aliphatic carbocycles. The second-order valence-electron chi connectivity index (χ2n) is 4.80. The summed E-state index contributed by atoms with van der Waals surface area (Å²) in [7, 11) is -3.42. The van der Waals surface area contributed by atoms with Gasteiger partial charge in [0, 0.05) is 19.2 Å². The van der Waals surface area contributed by atoms with Crippen LogP contribution < -0.4 is 0 Å². The van der Waals surface area contributed by atoms with Crippen LogP contribution in [0.4, 0.5) is 0 Å². The molecule has 19 heavy (non-hydrogen) atoms. The van der Waals surface area contributed by atoms with Crippen molar-refractivity contribution in [1.82, 2.24) is 4.31 Å². The van der Waals surface area contributed by atoms with E-state index >= 15 is 0 Å². The van der Waals surface area contributed by atoms with Crippen molar-refractivity contribution in [2.75, 3.05) is 13.2 Å². The second kappa shape index (κ2) is 6.22. The van der Waals surface area contributed by atoms with Crippen LogP contribution in [0.2, 0.25) is 0 Å². The van der Waals surface area contributed by atoms with Gasteiger partial charge in [-0.3, -0.25) is 0 Å². The monoisotopic (exact) mass is 367 g/mol. The smallest absolute Gasteiger partial charge is 0.252 e. The van der Waals surface area contributed by atoms with Crippen molar-refractivity contribution in [1.29, 1.82) is 0 Å². The molecule has 108 valence electrons. The zero-order valence-corrected chi connectivity index (χ0v) is 14.0. The number of aryl methyl sites for hydroxylation is 1. The first kappa shape index (κ1) is 15.4. The predicted molar refractivity (Wildman–Crippen MR) is 80.0 cm³/mol. The van der Waals surface area contributed by atoms with Gasteiger partial charge >= 0.3 is 0 Å². The van der Waals surface area contributed by atoms with Gasteiger partial charge in [0.1, 0.15) is 4.21 Å². The largest absolute Gasteiger partial charge is 0.396 e. The van der Waals surface area contributed by atoms with Gasteiger partial charge in [0.15, 0.2) is 0 Å². The number of nitrogens with zero attached hydrogens (tertiary/aromatic N) is 1. The van der Waals surface area contributed by atoms with E-state index < -0.39 is 10.0 Å². The lowest BCUT2D eigenvalue weighted by Gasteiger charge is -2.36. The zero-order chi connectivity index (χ0) is 14.0. The molecule has 1 fully saturated rings. The van der Waals surface area contributed by atoms with Crippen molar-refractivity contribution >= 4 is 37.3 Å². The van der Waals surface area contributed by atoms with Crippen LogP contribution in [-0.2, 0) is 10.0 Å². The molecule has 0 aliphatic heterocycles. The Labute approximate surface area is 126 Å². The van der Waals surface area contributed by atoms with Gasteiger partial charge in [-0.1, -0.05) is 6.42 Å². The van der Waals surface area contributed by atoms with Crippen molar-refractivity contribution in [3.8, 4) is 0 Å². The third kappa shape index (κ3) is 3.21. The summed E-state index contributed by atoms with van der Waals surface area (Å²) < 4.78 is 28.2. The van der Waals surface area contributed by atoms with Gasteiger partial charge in [0.2, 0.25) is 0 Å². The fourth-order valence-corrected chi connectivity index (χ4v) is 6.15. The average Bonchev–Trinajstić information content (AvgIpc) is 2.63. The third-order valence-electron chi connectivity index (χ3n) is 3.42. The summed E-state index contributed by atoms with van der Waals surface area (Å²) in [4.78, 5) is 0. The molecule has 0 bridgehead atoms. The van der Waals surface area contributed by atoms with Crippen LogP contribution in [-0.4, -0.2) is 37.0 Å². The van der Waals surface area contributed by atoms with Crippen LogP contribution in [0.15, 0.2) is 14.1 Å². The quantitative estimate of drug-likeness (QED) is 0.840. The summed E-state index contributed by atoms with van der Waals surface area (Å²) >= 11 is 4.63. The van der Waals surface area contributed by atoms with Gasteiger partial charge in [0.05, 0.1) is 3.79 Å². The summed E-state index contributed by atoms with van der Waals surface area (Å²) in [5.41, 5.74) is 0.944. The lowest BCUT2D eigenvalue weighted by atomic mass is 9.93. The van der Waals surface area contributed by atoms with Crippen LogP contribution >= 0.6 is 27.3 Å². The van der Waals surface area contributed by atoms with Gasteiger partial charge in [-0.05, 0) is 53.7 Å². The van der Waals surface area contributed by atoms with Crippen molar-refractivity contribution < 1.29 is 13.5 Å². The Bertz CT molecular complexity index is 518. The first-order chi connectivity index (χ1) is 8.96. The highest BCUT2D eigenvalue weighted by molar-refractivity contribution is 9.11. The zero-order valence-electron chi connectivity index (χ0n) is 10.8. The van der Waals surface area contributed by atoms with E-state index in [-0.39, 0.29) is 12.6 Å². The van der Waals surface area contributed by atoms with Gasteiger partial charge in [-0.2, -0.15) is 4.31 Å². The topological polar surface area (TPSA) is 57.6 Å². The molecule has 0 amide bonds. The average molecular weight is 368 g/mol. The van der Waals surface area contributed by atoms with Gasteiger partial charge in [0.25, 0.3) is 10.0 Å². The summed E-state index contributed by atoms with van der Waals surface area (Å²) in [6.45, 7) is 2.31. The third-order valence-corrected chi connectivity index (χ3v) is 7.95. The van der Waals surface area contributed by atoms with Gasteiger partial charge in [-0.25, -0.2) is 8.42 Å². The van der Waals surface area contributed by atoms with Crippen molar-refractivity contribution in [2.45, 2.75) is 42.9 Å². The summed E-state index contributed by atoms with van der Waals surface area (Å²) in [5, 5.41) is 8.95. The normalized spacial score (nSPS) is 16.8. The maximum Gasteiger partial charge on any atom is 0.252 e. The van der Waals surface area contributed by atoms with E-state index in [9.17, 15) is 8.42 Å². The maximum atomic E-state index is 12.7. The van der Waals surface area contributed by atoms with Crippen LogP contribution in [0.3, 0.4) is 0 Å². The highest BCUT2D eigenvalue weighted by Gasteiger charge is 2.35. The molecule has 7 heteroatoms. The SMILES string of the molecule is Cc1cc(S(=O)(=O)N(CCCO)C2CCC2)sc1Br. The number of thiophene rings is 1. The molecular formula is C12H18BrNO3S2. The van der Waals surface area contributed by atoms with Gasteiger partial charge < -0.3 is 5.11 Å². The number of aliphatic hydroxyl groups is 1. The van der Waals surface area contributed by atoms with E-state index in [1.54, 1.807) is 10.4 Å². The van der Waals surface area contributed by atoms with E-state index in [1.807, 2.05) is 6.92 Å². The first-order valence-corrected chi connectivity index (χ1v) is 9.40. The molecule has 0 saturated heterocycles. The Morgan fingerprint density at radius 3 is 2.63 bits per heavy atom. The molecule has 1 aliphatic rings. The number of aliphatic hydroxyl groups excluding tert-OH is 1. The molecule has 1 aromatic heterocycles. The van der Waals surface area contributed by atoms with Crippen molar-refractivity contribution in [3.05, 3.63) is 15.4 Å². The minimum Gasteiger partial charge on any atom is -0.396 e. The first-order valence-electron chi connectivity index (χ1n) is 6.35. The Balaban J connectivity index is 2.27. The minimum atomic E-state index is -3.42. The molecule has 0 atom stereocenters. The molecule has 1 aromatic rings. The molecular weight excluding hydrogens is 350 g/mol. The molecule has 2 rings (SSSR count). The van der Waals surface area contributed by atoms with Gasteiger partial charge in [-0.15, -0.1) is 11.3 Å². The Morgan fingerprint density at radius 2 is 2.21 bits per heavy atom. The molecule has 1 N–H and O–H groups in total. The predicted octanol–water partition coefficient (Wildman–Crippen LogP) is 2.74. The van der Waals surface area contributed by atoms with Crippen LogP contribution in [0, 0.1) is 6.92 Å². The molecule has 1 heterocycles. The Hall–Kier alpha value is 0.0500. The minimum absolute atomic E-state index is 0.0197. The Morgan fingerprint density at radius 1 is 1.53 bits per heavy atom. The lowest BCUT2D eigenvalue weighted by molar-refractivity contribution is 0.199. The number of halogens is 1. The van der Waals surface area contributed by atoms with Crippen molar-refractivity contribution in [3.63, 3.8) is 0 Å². The van der Waals surface area contributed by atoms with E-state index in [0.29, 0.717) is 17.2 Å².